The Morgan fingerprint density at radius 2 is 2.00 bits per heavy atom. The lowest BCUT2D eigenvalue weighted by Gasteiger charge is -2.20. The van der Waals surface area contributed by atoms with Gasteiger partial charge in [0.15, 0.2) is 0 Å². The summed E-state index contributed by atoms with van der Waals surface area (Å²) in [5.41, 5.74) is 1.33. The van der Waals surface area contributed by atoms with Gasteiger partial charge >= 0.3 is 0 Å². The van der Waals surface area contributed by atoms with Gasteiger partial charge < -0.3 is 14.8 Å². The Morgan fingerprint density at radius 1 is 1.19 bits per heavy atom. The van der Waals surface area contributed by atoms with Gasteiger partial charge in [-0.2, -0.15) is 0 Å². The molecule has 1 aromatic rings. The topological polar surface area (TPSA) is 30.5 Å². The first-order valence-corrected chi connectivity index (χ1v) is 8.09. The molecule has 0 aliphatic rings. The van der Waals surface area contributed by atoms with Crippen molar-refractivity contribution in [3.63, 3.8) is 0 Å². The highest BCUT2D eigenvalue weighted by atomic mass is 16.5. The van der Waals surface area contributed by atoms with Crippen LogP contribution < -0.4 is 10.1 Å². The minimum Gasteiger partial charge on any atom is -0.497 e. The van der Waals surface area contributed by atoms with Gasteiger partial charge in [0.1, 0.15) is 5.75 Å². The third-order valence-corrected chi connectivity index (χ3v) is 3.49. The van der Waals surface area contributed by atoms with E-state index < -0.39 is 0 Å². The molecule has 1 aromatic carbocycles. The molecule has 0 aliphatic heterocycles. The molecule has 1 unspecified atom stereocenters. The van der Waals surface area contributed by atoms with Crippen molar-refractivity contribution in [1.82, 2.24) is 5.32 Å². The zero-order chi connectivity index (χ0) is 15.5. The van der Waals surface area contributed by atoms with Crippen molar-refractivity contribution < 1.29 is 9.47 Å². The normalized spacial score (nSPS) is 12.6. The molecular formula is C18H31NO2. The maximum absolute atomic E-state index is 5.65. The van der Waals surface area contributed by atoms with Crippen LogP contribution in [0.2, 0.25) is 0 Å². The highest BCUT2D eigenvalue weighted by molar-refractivity contribution is 5.28. The summed E-state index contributed by atoms with van der Waals surface area (Å²) < 4.78 is 11.0. The smallest absolute Gasteiger partial charge is 0.119 e. The third-order valence-electron chi connectivity index (χ3n) is 3.49. The summed E-state index contributed by atoms with van der Waals surface area (Å²) in [6.45, 7) is 9.27. The molecule has 0 aromatic heterocycles. The molecule has 1 N–H and O–H groups in total. The van der Waals surface area contributed by atoms with Crippen molar-refractivity contribution in [2.24, 2.45) is 5.92 Å². The molecular weight excluding hydrogens is 262 g/mol. The number of hydrogen-bond acceptors (Lipinski definition) is 3. The van der Waals surface area contributed by atoms with Crippen molar-refractivity contribution in [1.29, 1.82) is 0 Å². The molecule has 21 heavy (non-hydrogen) atoms. The fourth-order valence-corrected chi connectivity index (χ4v) is 2.31. The van der Waals surface area contributed by atoms with Crippen LogP contribution in [0, 0.1) is 5.92 Å². The van der Waals surface area contributed by atoms with E-state index in [4.69, 9.17) is 9.47 Å². The van der Waals surface area contributed by atoms with Crippen molar-refractivity contribution in [2.45, 2.75) is 46.1 Å². The summed E-state index contributed by atoms with van der Waals surface area (Å²) in [6, 6.07) is 8.89. The van der Waals surface area contributed by atoms with Crippen LogP contribution in [0.4, 0.5) is 0 Å². The van der Waals surface area contributed by atoms with Crippen molar-refractivity contribution >= 4 is 0 Å². The molecule has 0 radical (unpaired) electrons. The first kappa shape index (κ1) is 18.0. The summed E-state index contributed by atoms with van der Waals surface area (Å²) in [5.74, 6) is 1.53. The minimum absolute atomic E-state index is 0.523. The zero-order valence-corrected chi connectivity index (χ0v) is 14.0. The molecule has 0 aliphatic carbocycles. The first-order valence-electron chi connectivity index (χ1n) is 8.09. The van der Waals surface area contributed by atoms with Crippen LogP contribution in [-0.2, 0) is 11.2 Å². The predicted molar refractivity (Wildman–Crippen MR) is 89.1 cm³/mol. The molecule has 0 saturated carbocycles. The van der Waals surface area contributed by atoms with Crippen LogP contribution in [0.3, 0.4) is 0 Å². The molecule has 1 rings (SSSR count). The van der Waals surface area contributed by atoms with Crippen molar-refractivity contribution in [3.05, 3.63) is 29.8 Å². The van der Waals surface area contributed by atoms with E-state index in [0.717, 1.165) is 44.8 Å². The molecule has 1 atom stereocenters. The SMILES string of the molecule is CCCOCCC(CNC(C)C)Cc1cccc(OC)c1. The molecule has 0 saturated heterocycles. The van der Waals surface area contributed by atoms with Crippen molar-refractivity contribution in [3.8, 4) is 5.75 Å². The molecule has 0 heterocycles. The predicted octanol–water partition coefficient (Wildman–Crippen LogP) is 3.67. The lowest BCUT2D eigenvalue weighted by atomic mass is 9.96. The van der Waals surface area contributed by atoms with Crippen molar-refractivity contribution in [2.75, 3.05) is 26.9 Å². The van der Waals surface area contributed by atoms with E-state index >= 15 is 0 Å². The van der Waals surface area contributed by atoms with Crippen LogP contribution in [-0.4, -0.2) is 32.9 Å². The largest absolute Gasteiger partial charge is 0.497 e. The maximum Gasteiger partial charge on any atom is 0.119 e. The third kappa shape index (κ3) is 8.08. The average molecular weight is 293 g/mol. The van der Waals surface area contributed by atoms with Crippen LogP contribution in [0.15, 0.2) is 24.3 Å². The van der Waals surface area contributed by atoms with Gasteiger partial charge in [0, 0.05) is 19.3 Å². The summed E-state index contributed by atoms with van der Waals surface area (Å²) in [5, 5.41) is 3.55. The maximum atomic E-state index is 5.65. The van der Waals surface area contributed by atoms with Gasteiger partial charge in [-0.05, 0) is 49.4 Å². The number of methoxy groups -OCH3 is 1. The standard InChI is InChI=1S/C18H31NO2/c1-5-10-21-11-9-17(14-19-15(2)3)12-16-7-6-8-18(13-16)20-4/h6-8,13,15,17,19H,5,9-12,14H2,1-4H3. The summed E-state index contributed by atoms with van der Waals surface area (Å²) in [4.78, 5) is 0. The Labute approximate surface area is 130 Å². The Morgan fingerprint density at radius 3 is 2.67 bits per heavy atom. The zero-order valence-electron chi connectivity index (χ0n) is 14.0. The number of rotatable bonds is 11. The van der Waals surface area contributed by atoms with Crippen LogP contribution in [0.1, 0.15) is 39.2 Å². The number of ether oxygens (including phenoxy) is 2. The van der Waals surface area contributed by atoms with Crippen LogP contribution in [0.25, 0.3) is 0 Å². The molecule has 3 nitrogen and oxygen atoms in total. The summed E-state index contributed by atoms with van der Waals surface area (Å²) >= 11 is 0. The lowest BCUT2D eigenvalue weighted by Crippen LogP contribution is -2.30. The Balaban J connectivity index is 2.52. The van der Waals surface area contributed by atoms with Gasteiger partial charge in [-0.1, -0.05) is 32.9 Å². The van der Waals surface area contributed by atoms with E-state index in [9.17, 15) is 0 Å². The fraction of sp³-hybridized carbons (Fsp3) is 0.667. The van der Waals surface area contributed by atoms with Crippen LogP contribution >= 0.6 is 0 Å². The molecule has 0 fully saturated rings. The minimum atomic E-state index is 0.523. The van der Waals surface area contributed by atoms with E-state index in [1.54, 1.807) is 7.11 Å². The Hall–Kier alpha value is -1.06. The molecule has 0 bridgehead atoms. The highest BCUT2D eigenvalue weighted by Crippen LogP contribution is 2.17. The van der Waals surface area contributed by atoms with Gasteiger partial charge in [0.25, 0.3) is 0 Å². The second-order valence-electron chi connectivity index (χ2n) is 5.89. The summed E-state index contributed by atoms with van der Waals surface area (Å²) in [6.07, 6.45) is 3.24. The van der Waals surface area contributed by atoms with E-state index in [-0.39, 0.29) is 0 Å². The molecule has 0 amide bonds. The second kappa shape index (κ2) is 10.6. The number of hydrogen-bond donors (Lipinski definition) is 1. The molecule has 0 spiro atoms. The van der Waals surface area contributed by atoms with Gasteiger partial charge in [-0.25, -0.2) is 0 Å². The first-order chi connectivity index (χ1) is 10.2. The van der Waals surface area contributed by atoms with Gasteiger partial charge in [-0.15, -0.1) is 0 Å². The molecule has 3 heteroatoms. The highest BCUT2D eigenvalue weighted by Gasteiger charge is 2.11. The average Bonchev–Trinajstić information content (AvgIpc) is 2.49. The van der Waals surface area contributed by atoms with Gasteiger partial charge in [-0.3, -0.25) is 0 Å². The Kier molecular flexibility index (Phi) is 9.11. The quantitative estimate of drug-likeness (QED) is 0.632. The number of benzene rings is 1. The van der Waals surface area contributed by atoms with Gasteiger partial charge in [0.2, 0.25) is 0 Å². The van der Waals surface area contributed by atoms with Gasteiger partial charge in [0.05, 0.1) is 7.11 Å². The summed E-state index contributed by atoms with van der Waals surface area (Å²) in [7, 11) is 1.72. The Bertz CT molecular complexity index is 379. The monoisotopic (exact) mass is 293 g/mol. The van der Waals surface area contributed by atoms with E-state index in [2.05, 4.69) is 44.3 Å². The van der Waals surface area contributed by atoms with Crippen LogP contribution in [0.5, 0.6) is 5.75 Å². The molecule has 120 valence electrons. The fourth-order valence-electron chi connectivity index (χ4n) is 2.31. The second-order valence-corrected chi connectivity index (χ2v) is 5.89. The van der Waals surface area contributed by atoms with E-state index in [0.29, 0.717) is 12.0 Å². The van der Waals surface area contributed by atoms with E-state index in [1.807, 2.05) is 6.07 Å². The van der Waals surface area contributed by atoms with E-state index in [1.165, 1.54) is 5.56 Å². The lowest BCUT2D eigenvalue weighted by molar-refractivity contribution is 0.120. The number of nitrogens with one attached hydrogen (secondary N) is 1.